The van der Waals surface area contributed by atoms with Gasteiger partial charge in [0.05, 0.1) is 22.7 Å². The Morgan fingerprint density at radius 1 is 0.500 bits per heavy atom. The van der Waals surface area contributed by atoms with Crippen molar-refractivity contribution in [1.29, 1.82) is 0 Å². The Balaban J connectivity index is 1.17. The van der Waals surface area contributed by atoms with E-state index in [1.807, 2.05) is 24.3 Å². The van der Waals surface area contributed by atoms with Gasteiger partial charge in [-0.15, -0.1) is 0 Å². The average molecular weight is 773 g/mol. The summed E-state index contributed by atoms with van der Waals surface area (Å²) in [4.78, 5) is 13.9. The Morgan fingerprint density at radius 2 is 1.05 bits per heavy atom. The zero-order chi connectivity index (χ0) is 41.7. The van der Waals surface area contributed by atoms with E-state index in [1.54, 1.807) is 12.2 Å². The summed E-state index contributed by atoms with van der Waals surface area (Å²) >= 11 is 0. The number of allylic oxidation sites excluding steroid dienone is 5. The summed E-state index contributed by atoms with van der Waals surface area (Å²) in [6, 6.07) is 39.1. The van der Waals surface area contributed by atoms with Crippen molar-refractivity contribution >= 4 is 94.3 Å². The van der Waals surface area contributed by atoms with E-state index in [0.717, 1.165) is 99.0 Å². The zero-order valence-corrected chi connectivity index (χ0v) is 33.7. The van der Waals surface area contributed by atoms with Crippen LogP contribution in [0.2, 0.25) is 0 Å². The molecular weight excluding hydrogens is 729 g/mol. The monoisotopic (exact) mass is 772 g/mol. The molecule has 7 aromatic rings. The van der Waals surface area contributed by atoms with Crippen molar-refractivity contribution in [3.05, 3.63) is 203 Å². The molecule has 0 spiro atoms. The van der Waals surface area contributed by atoms with Crippen LogP contribution in [0.1, 0.15) is 16.7 Å². The van der Waals surface area contributed by atoms with Crippen molar-refractivity contribution in [2.24, 2.45) is 9.98 Å². The second kappa shape index (κ2) is 15.2. The van der Waals surface area contributed by atoms with Crippen LogP contribution in [0.3, 0.4) is 0 Å². The van der Waals surface area contributed by atoms with Gasteiger partial charge in [0, 0.05) is 56.8 Å². The highest BCUT2D eigenvalue weighted by Gasteiger charge is 2.29. The van der Waals surface area contributed by atoms with Crippen molar-refractivity contribution in [2.45, 2.75) is 13.1 Å². The molecule has 0 radical (unpaired) electrons. The number of anilines is 3. The molecule has 0 aliphatic carbocycles. The van der Waals surface area contributed by atoms with Crippen LogP contribution in [-0.4, -0.2) is 13.4 Å². The third-order valence-electron chi connectivity index (χ3n) is 12.0. The van der Waals surface area contributed by atoms with Crippen molar-refractivity contribution in [3.63, 3.8) is 0 Å². The minimum absolute atomic E-state index is 0.619. The lowest BCUT2D eigenvalue weighted by molar-refractivity contribution is 0.921. The van der Waals surface area contributed by atoms with E-state index >= 15 is 0 Å². The molecule has 2 heterocycles. The Hall–Kier alpha value is -7.82. The summed E-state index contributed by atoms with van der Waals surface area (Å²) in [6.45, 7) is 34.8. The molecule has 7 aromatic carbocycles. The van der Waals surface area contributed by atoms with Gasteiger partial charge in [-0.2, -0.15) is 0 Å². The first-order valence-electron chi connectivity index (χ1n) is 19.9. The molecule has 0 saturated carbocycles. The zero-order valence-electron chi connectivity index (χ0n) is 33.7. The van der Waals surface area contributed by atoms with Crippen LogP contribution in [0.4, 0.5) is 28.4 Å². The normalized spacial score (nSPS) is 13.8. The van der Waals surface area contributed by atoms with E-state index in [-0.39, 0.29) is 0 Å². The second-order valence-corrected chi connectivity index (χ2v) is 15.0. The van der Waals surface area contributed by atoms with Crippen LogP contribution in [0.5, 0.6) is 0 Å². The number of aliphatic imine (C=N–C) groups is 2. The molecule has 288 valence electrons. The average Bonchev–Trinajstić information content (AvgIpc) is 3.29. The summed E-state index contributed by atoms with van der Waals surface area (Å²) in [5.74, 6) is 0. The molecule has 2 aliphatic heterocycles. The molecular formula is C56H44N4. The first-order chi connectivity index (χ1) is 29.4. The Labute approximate surface area is 351 Å². The highest BCUT2D eigenvalue weighted by Crippen LogP contribution is 2.49. The molecule has 4 heteroatoms. The fourth-order valence-electron chi connectivity index (χ4n) is 9.29. The molecule has 0 atom stereocenters. The van der Waals surface area contributed by atoms with Crippen LogP contribution in [0.25, 0.3) is 74.7 Å². The summed E-state index contributed by atoms with van der Waals surface area (Å²) in [5, 5.41) is 7.88. The molecule has 0 fully saturated rings. The first kappa shape index (κ1) is 37.7. The van der Waals surface area contributed by atoms with Gasteiger partial charge in [0.1, 0.15) is 0 Å². The number of rotatable bonds is 9. The fourth-order valence-corrected chi connectivity index (χ4v) is 9.29. The summed E-state index contributed by atoms with van der Waals surface area (Å²) in [6.07, 6.45) is 11.4. The van der Waals surface area contributed by atoms with Crippen LogP contribution >= 0.6 is 0 Å². The van der Waals surface area contributed by atoms with Crippen molar-refractivity contribution in [2.75, 3.05) is 9.80 Å². The number of para-hydroxylation sites is 1. The van der Waals surface area contributed by atoms with Crippen molar-refractivity contribution in [1.82, 2.24) is 0 Å². The lowest BCUT2D eigenvalue weighted by Crippen LogP contribution is -2.49. The van der Waals surface area contributed by atoms with E-state index in [1.165, 1.54) is 22.1 Å². The largest absolute Gasteiger partial charge is 0.334 e. The molecule has 4 nitrogen and oxygen atoms in total. The lowest BCUT2D eigenvalue weighted by Gasteiger charge is -2.35. The standard InChI is InChI=1S/C56H44N4/c1-9-19-42-35(5)36(6)43(20-10-2)55(53(42)57-7)60-34-40-30-28-38(32-50(40)46-23-17-18-26-52(46)60)37-27-29-39-33-59(51(12-4)41(11-3)49(39)31-37)56-48-25-16-14-22-45(48)44-21-13-15-24-47(44)54(56)58-8/h9-32H,1-8,33-34H2/b42-19+,43-20+. The minimum Gasteiger partial charge on any atom is -0.334 e. The highest BCUT2D eigenvalue weighted by atomic mass is 15.2. The topological polar surface area (TPSA) is 31.2 Å². The summed E-state index contributed by atoms with van der Waals surface area (Å²) in [7, 11) is 0. The quantitative estimate of drug-likeness (QED) is 0.108. The van der Waals surface area contributed by atoms with E-state index in [9.17, 15) is 0 Å². The smallest absolute Gasteiger partial charge is 0.0944 e. The van der Waals surface area contributed by atoms with Gasteiger partial charge in [-0.25, -0.2) is 0 Å². The molecule has 0 aromatic heterocycles. The number of nitrogens with zero attached hydrogens (tertiary/aromatic N) is 4. The summed E-state index contributed by atoms with van der Waals surface area (Å²) in [5.41, 5.74) is 14.7. The van der Waals surface area contributed by atoms with E-state index in [4.69, 9.17) is 0 Å². The van der Waals surface area contributed by atoms with Gasteiger partial charge in [0.15, 0.2) is 0 Å². The predicted octanol–water partition coefficient (Wildman–Crippen LogP) is 11.5. The maximum atomic E-state index is 4.67. The van der Waals surface area contributed by atoms with Gasteiger partial charge in [0.25, 0.3) is 0 Å². The number of fused-ring (bicyclic) bond motifs is 7. The van der Waals surface area contributed by atoms with Crippen molar-refractivity contribution in [3.8, 4) is 22.3 Å². The van der Waals surface area contributed by atoms with Gasteiger partial charge in [0.2, 0.25) is 0 Å². The number of hydrogen-bond acceptors (Lipinski definition) is 4. The van der Waals surface area contributed by atoms with E-state index in [0.29, 0.717) is 13.1 Å². The number of benzene rings is 7. The Kier molecular flexibility index (Phi) is 9.54. The van der Waals surface area contributed by atoms with Gasteiger partial charge >= 0.3 is 0 Å². The van der Waals surface area contributed by atoms with Gasteiger partial charge in [-0.1, -0.05) is 161 Å². The van der Waals surface area contributed by atoms with E-state index < -0.39 is 0 Å². The second-order valence-electron chi connectivity index (χ2n) is 15.0. The highest BCUT2D eigenvalue weighted by molar-refractivity contribution is 6.20. The minimum atomic E-state index is 0.619. The Bertz CT molecular complexity index is 3330. The number of hydrogen-bond donors (Lipinski definition) is 0. The van der Waals surface area contributed by atoms with Gasteiger partial charge in [-0.05, 0) is 92.3 Å². The van der Waals surface area contributed by atoms with Gasteiger partial charge in [-0.3, -0.25) is 9.98 Å². The molecule has 0 bridgehead atoms. The molecule has 0 saturated heterocycles. The maximum absolute atomic E-state index is 4.67. The van der Waals surface area contributed by atoms with Crippen LogP contribution in [0, 0.1) is 0 Å². The molecule has 0 unspecified atom stereocenters. The SMILES string of the molecule is C=C/C=c1/c(N=C)c(N2Cc3ccc(-c4ccc5c(c4)C(C=C)=C(C=C)N(c4c(N=C)c6ccccc6c6ccccc46)C5)cc3-c3ccccc32)/c(=C/C=C)c(=C)c1=C. The maximum Gasteiger partial charge on any atom is 0.0944 e. The van der Waals surface area contributed by atoms with Crippen LogP contribution < -0.4 is 30.7 Å². The molecule has 2 aliphatic rings. The molecule has 60 heavy (non-hydrogen) atoms. The fraction of sp³-hybridized carbons (Fsp3) is 0.0357. The molecule has 0 amide bonds. The molecule has 9 rings (SSSR count). The Morgan fingerprint density at radius 3 is 1.70 bits per heavy atom. The van der Waals surface area contributed by atoms with Crippen molar-refractivity contribution < 1.29 is 0 Å². The predicted molar refractivity (Wildman–Crippen MR) is 262 cm³/mol. The first-order valence-corrected chi connectivity index (χ1v) is 19.9. The van der Waals surface area contributed by atoms with E-state index in [2.05, 4.69) is 182 Å². The van der Waals surface area contributed by atoms with Crippen LogP contribution in [0.15, 0.2) is 175 Å². The third-order valence-corrected chi connectivity index (χ3v) is 12.0. The summed E-state index contributed by atoms with van der Waals surface area (Å²) < 4.78 is 0. The lowest BCUT2D eigenvalue weighted by atomic mass is 9.86. The van der Waals surface area contributed by atoms with Crippen LogP contribution in [-0.2, 0) is 13.1 Å². The molecule has 0 N–H and O–H groups in total. The third kappa shape index (κ3) is 5.76. The van der Waals surface area contributed by atoms with Gasteiger partial charge < -0.3 is 9.80 Å².